The molecule has 1 aromatic heterocycles. The number of rotatable bonds is 7. The molecule has 1 N–H and O–H groups in total. The Labute approximate surface area is 147 Å². The predicted molar refractivity (Wildman–Crippen MR) is 97.8 cm³/mol. The summed E-state index contributed by atoms with van der Waals surface area (Å²) < 4.78 is 33.6. The van der Waals surface area contributed by atoms with Gasteiger partial charge < -0.3 is 4.52 Å². The van der Waals surface area contributed by atoms with Crippen LogP contribution in [0.25, 0.3) is 11.3 Å². The van der Waals surface area contributed by atoms with Gasteiger partial charge in [0.05, 0.1) is 4.90 Å². The monoisotopic (exact) mass is 356 g/mol. The Kier molecular flexibility index (Phi) is 5.19. The van der Waals surface area contributed by atoms with E-state index in [2.05, 4.69) is 16.8 Å². The van der Waals surface area contributed by atoms with E-state index in [1.165, 1.54) is 0 Å². The third-order valence-corrected chi connectivity index (χ3v) is 5.22. The van der Waals surface area contributed by atoms with Crippen LogP contribution in [0.2, 0.25) is 0 Å². The highest BCUT2D eigenvalue weighted by Crippen LogP contribution is 2.33. The minimum Gasteiger partial charge on any atom is -0.354 e. The zero-order valence-corrected chi connectivity index (χ0v) is 14.8. The third kappa shape index (κ3) is 3.91. The van der Waals surface area contributed by atoms with Crippen molar-refractivity contribution in [1.29, 1.82) is 0 Å². The molecular formula is C19H20N2O3S. The van der Waals surface area contributed by atoms with E-state index < -0.39 is 10.0 Å². The quantitative estimate of drug-likeness (QED) is 0.677. The number of aromatic nitrogens is 1. The lowest BCUT2D eigenvalue weighted by Crippen LogP contribution is -2.14. The maximum atomic E-state index is 12.7. The standard InChI is InChI=1S/C19H20N2O3S/c1-2-3-14-17-18(19(24-20-17)15-10-6-4-7-11-15)21-25(22,23)16-12-8-5-9-13-16/h4-13,21H,2-3,14H2,1H3. The maximum Gasteiger partial charge on any atom is 0.262 e. The molecule has 0 aliphatic carbocycles. The molecule has 5 nitrogen and oxygen atoms in total. The van der Waals surface area contributed by atoms with Gasteiger partial charge in [0.2, 0.25) is 0 Å². The number of sulfonamides is 1. The number of nitrogens with one attached hydrogen (secondary N) is 1. The van der Waals surface area contributed by atoms with Crippen LogP contribution in [0.5, 0.6) is 0 Å². The molecule has 0 aliphatic rings. The molecule has 0 amide bonds. The number of anilines is 1. The fourth-order valence-corrected chi connectivity index (χ4v) is 3.64. The van der Waals surface area contributed by atoms with Gasteiger partial charge in [0.1, 0.15) is 11.4 Å². The van der Waals surface area contributed by atoms with Crippen LogP contribution in [0.1, 0.15) is 25.5 Å². The van der Waals surface area contributed by atoms with Crippen molar-refractivity contribution in [3.8, 4) is 11.3 Å². The average Bonchev–Trinajstić information content (AvgIpc) is 3.03. The van der Waals surface area contributed by atoms with Crippen LogP contribution < -0.4 is 4.72 Å². The summed E-state index contributed by atoms with van der Waals surface area (Å²) in [5.74, 6) is 0.436. The van der Waals surface area contributed by atoms with Gasteiger partial charge in [-0.1, -0.05) is 67.0 Å². The first kappa shape index (κ1) is 17.2. The molecule has 0 radical (unpaired) electrons. The van der Waals surface area contributed by atoms with Crippen molar-refractivity contribution in [2.45, 2.75) is 31.1 Å². The highest BCUT2D eigenvalue weighted by molar-refractivity contribution is 7.92. The third-order valence-electron chi connectivity index (χ3n) is 3.86. The van der Waals surface area contributed by atoms with E-state index in [-0.39, 0.29) is 4.90 Å². The first-order chi connectivity index (χ1) is 12.1. The lowest BCUT2D eigenvalue weighted by atomic mass is 10.1. The van der Waals surface area contributed by atoms with Crippen molar-refractivity contribution in [2.24, 2.45) is 0 Å². The van der Waals surface area contributed by atoms with Gasteiger partial charge in [-0.05, 0) is 25.0 Å². The smallest absolute Gasteiger partial charge is 0.262 e. The molecule has 0 saturated carbocycles. The molecule has 0 bridgehead atoms. The van der Waals surface area contributed by atoms with E-state index in [0.717, 1.165) is 18.4 Å². The number of aryl methyl sites for hydroxylation is 1. The molecule has 0 aliphatic heterocycles. The maximum absolute atomic E-state index is 12.7. The van der Waals surface area contributed by atoms with Crippen molar-refractivity contribution in [3.05, 3.63) is 66.4 Å². The van der Waals surface area contributed by atoms with Gasteiger partial charge in [-0.15, -0.1) is 0 Å². The molecule has 1 heterocycles. The molecule has 0 spiro atoms. The molecule has 0 fully saturated rings. The summed E-state index contributed by atoms with van der Waals surface area (Å²) in [6, 6.07) is 17.7. The largest absolute Gasteiger partial charge is 0.354 e. The molecule has 0 atom stereocenters. The van der Waals surface area contributed by atoms with Gasteiger partial charge in [-0.2, -0.15) is 0 Å². The lowest BCUT2D eigenvalue weighted by Gasteiger charge is -2.09. The van der Waals surface area contributed by atoms with Gasteiger partial charge in [-0.3, -0.25) is 4.72 Å². The van der Waals surface area contributed by atoms with Crippen molar-refractivity contribution < 1.29 is 12.9 Å². The summed E-state index contributed by atoms with van der Waals surface area (Å²) in [5, 5.41) is 4.11. The summed E-state index contributed by atoms with van der Waals surface area (Å²) in [4.78, 5) is 0.205. The van der Waals surface area contributed by atoms with Crippen LogP contribution in [0.4, 0.5) is 5.69 Å². The van der Waals surface area contributed by atoms with E-state index in [4.69, 9.17) is 4.52 Å². The van der Waals surface area contributed by atoms with E-state index >= 15 is 0 Å². The molecule has 0 unspecified atom stereocenters. The van der Waals surface area contributed by atoms with Gasteiger partial charge >= 0.3 is 0 Å². The Morgan fingerprint density at radius 1 is 1.00 bits per heavy atom. The highest BCUT2D eigenvalue weighted by Gasteiger charge is 2.23. The van der Waals surface area contributed by atoms with E-state index in [1.54, 1.807) is 30.3 Å². The Balaban J connectivity index is 2.02. The first-order valence-corrected chi connectivity index (χ1v) is 9.72. The fraction of sp³-hybridized carbons (Fsp3) is 0.211. The second-order valence-corrected chi connectivity index (χ2v) is 7.40. The Morgan fingerprint density at radius 2 is 1.64 bits per heavy atom. The van der Waals surface area contributed by atoms with Gasteiger partial charge in [-0.25, -0.2) is 8.42 Å². The van der Waals surface area contributed by atoms with E-state index in [9.17, 15) is 8.42 Å². The molecule has 0 saturated heterocycles. The summed E-state index contributed by atoms with van der Waals surface area (Å²) in [5.41, 5.74) is 1.83. The normalized spacial score (nSPS) is 11.4. The molecule has 6 heteroatoms. The minimum absolute atomic E-state index is 0.205. The van der Waals surface area contributed by atoms with Gasteiger partial charge in [0, 0.05) is 5.56 Å². The molecule has 130 valence electrons. The Morgan fingerprint density at radius 3 is 2.28 bits per heavy atom. The van der Waals surface area contributed by atoms with Crippen LogP contribution in [0.15, 0.2) is 70.1 Å². The van der Waals surface area contributed by atoms with Crippen LogP contribution in [0.3, 0.4) is 0 Å². The van der Waals surface area contributed by atoms with Crippen molar-refractivity contribution in [1.82, 2.24) is 5.16 Å². The SMILES string of the molecule is CCCCc1noc(-c2ccccc2)c1NS(=O)(=O)c1ccccc1. The van der Waals surface area contributed by atoms with E-state index in [1.807, 2.05) is 30.3 Å². The summed E-state index contributed by atoms with van der Waals surface area (Å²) in [7, 11) is -3.71. The topological polar surface area (TPSA) is 72.2 Å². The van der Waals surface area contributed by atoms with Crippen LogP contribution in [0, 0.1) is 0 Å². The summed E-state index contributed by atoms with van der Waals surface area (Å²) >= 11 is 0. The number of hydrogen-bond donors (Lipinski definition) is 1. The summed E-state index contributed by atoms with van der Waals surface area (Å²) in [6.45, 7) is 2.08. The lowest BCUT2D eigenvalue weighted by molar-refractivity contribution is 0.422. The van der Waals surface area contributed by atoms with Gasteiger partial charge in [0.15, 0.2) is 5.76 Å². The number of nitrogens with zero attached hydrogens (tertiary/aromatic N) is 1. The fourth-order valence-electron chi connectivity index (χ4n) is 2.52. The molecule has 25 heavy (non-hydrogen) atoms. The number of hydrogen-bond acceptors (Lipinski definition) is 4. The zero-order chi connectivity index (χ0) is 17.7. The van der Waals surface area contributed by atoms with Gasteiger partial charge in [0.25, 0.3) is 10.0 Å². The number of unbranched alkanes of at least 4 members (excludes halogenated alkanes) is 1. The molecule has 3 rings (SSSR count). The van der Waals surface area contributed by atoms with Crippen molar-refractivity contribution in [2.75, 3.05) is 4.72 Å². The first-order valence-electron chi connectivity index (χ1n) is 8.23. The second kappa shape index (κ2) is 7.53. The average molecular weight is 356 g/mol. The van der Waals surface area contributed by atoms with Crippen LogP contribution >= 0.6 is 0 Å². The predicted octanol–water partition coefficient (Wildman–Crippen LogP) is 4.49. The van der Waals surface area contributed by atoms with Crippen LogP contribution in [-0.2, 0) is 16.4 Å². The molecule has 3 aromatic rings. The van der Waals surface area contributed by atoms with Crippen molar-refractivity contribution >= 4 is 15.7 Å². The summed E-state index contributed by atoms with van der Waals surface area (Å²) in [6.07, 6.45) is 2.54. The van der Waals surface area contributed by atoms with Crippen LogP contribution in [-0.4, -0.2) is 13.6 Å². The Bertz CT molecular complexity index is 920. The molecule has 2 aromatic carbocycles. The number of benzene rings is 2. The Hall–Kier alpha value is -2.60. The minimum atomic E-state index is -3.71. The molecular weight excluding hydrogens is 336 g/mol. The second-order valence-electron chi connectivity index (χ2n) is 5.72. The van der Waals surface area contributed by atoms with E-state index in [0.29, 0.717) is 23.6 Å². The highest BCUT2D eigenvalue weighted by atomic mass is 32.2. The van der Waals surface area contributed by atoms with Crippen molar-refractivity contribution in [3.63, 3.8) is 0 Å². The zero-order valence-electron chi connectivity index (χ0n) is 14.0.